The molecule has 7 heteroatoms. The lowest BCUT2D eigenvalue weighted by atomic mass is 10.0. The van der Waals surface area contributed by atoms with Crippen molar-refractivity contribution < 1.29 is 4.79 Å². The summed E-state index contributed by atoms with van der Waals surface area (Å²) in [6.45, 7) is 1.79. The Labute approximate surface area is 179 Å². The van der Waals surface area contributed by atoms with Gasteiger partial charge in [0.2, 0.25) is 5.91 Å². The van der Waals surface area contributed by atoms with Crippen molar-refractivity contribution in [3.05, 3.63) is 48.3 Å². The van der Waals surface area contributed by atoms with Crippen LogP contribution in [-0.2, 0) is 17.9 Å². The fraction of sp³-hybridized carbons (Fsp3) is 0.522. The van der Waals surface area contributed by atoms with Gasteiger partial charge in [-0.05, 0) is 36.1 Å². The molecular formula is C23H34N6O. The number of benzene rings is 1. The summed E-state index contributed by atoms with van der Waals surface area (Å²) in [7, 11) is 1.79. The number of hydrogen-bond acceptors (Lipinski definition) is 3. The smallest absolute Gasteiger partial charge is 0.246 e. The number of nitrogens with one attached hydrogen (secondary N) is 3. The standard InChI is InChI=1S/C23H34N6O/c1-24-23(25-13-5-4-10-19-8-2-3-9-19)26-17-20-11-6-12-21(16-20)28-22(30)18-29-15-7-14-27-29/h6-7,11-12,14-16,19H,2-5,8-10,13,17-18H2,1H3,(H,28,30)(H2,24,25,26). The van der Waals surface area contributed by atoms with Gasteiger partial charge in [-0.2, -0.15) is 5.10 Å². The molecule has 1 fully saturated rings. The van der Waals surface area contributed by atoms with Crippen LogP contribution in [0.3, 0.4) is 0 Å². The Hall–Kier alpha value is -2.83. The Kier molecular flexibility index (Phi) is 8.75. The summed E-state index contributed by atoms with van der Waals surface area (Å²) in [4.78, 5) is 16.4. The van der Waals surface area contributed by atoms with Gasteiger partial charge in [-0.1, -0.05) is 50.7 Å². The van der Waals surface area contributed by atoms with Crippen LogP contribution in [0, 0.1) is 5.92 Å². The number of carbonyl (C=O) groups is 1. The number of guanidine groups is 1. The minimum absolute atomic E-state index is 0.0983. The van der Waals surface area contributed by atoms with Crippen LogP contribution in [0.5, 0.6) is 0 Å². The molecule has 0 saturated heterocycles. The molecule has 1 heterocycles. The minimum Gasteiger partial charge on any atom is -0.356 e. The maximum absolute atomic E-state index is 12.1. The Morgan fingerprint density at radius 2 is 2.07 bits per heavy atom. The highest BCUT2D eigenvalue weighted by Crippen LogP contribution is 2.28. The zero-order valence-electron chi connectivity index (χ0n) is 17.9. The van der Waals surface area contributed by atoms with Crippen LogP contribution in [0.15, 0.2) is 47.7 Å². The Morgan fingerprint density at radius 3 is 2.83 bits per heavy atom. The van der Waals surface area contributed by atoms with E-state index in [0.29, 0.717) is 6.54 Å². The van der Waals surface area contributed by atoms with Gasteiger partial charge in [-0.15, -0.1) is 0 Å². The molecule has 2 aromatic rings. The van der Waals surface area contributed by atoms with Gasteiger partial charge in [0, 0.05) is 38.2 Å². The van der Waals surface area contributed by atoms with Crippen molar-refractivity contribution in [2.24, 2.45) is 10.9 Å². The van der Waals surface area contributed by atoms with E-state index in [0.717, 1.165) is 29.7 Å². The second-order valence-corrected chi connectivity index (χ2v) is 7.95. The van der Waals surface area contributed by atoms with E-state index in [9.17, 15) is 4.79 Å². The summed E-state index contributed by atoms with van der Waals surface area (Å²) < 4.78 is 1.60. The molecule has 1 saturated carbocycles. The second-order valence-electron chi connectivity index (χ2n) is 7.95. The van der Waals surface area contributed by atoms with Gasteiger partial charge < -0.3 is 16.0 Å². The van der Waals surface area contributed by atoms with Crippen LogP contribution in [-0.4, -0.2) is 35.2 Å². The number of carbonyl (C=O) groups excluding carboxylic acids is 1. The van der Waals surface area contributed by atoms with Gasteiger partial charge in [-0.25, -0.2) is 0 Å². The average molecular weight is 411 g/mol. The number of amides is 1. The normalized spacial score (nSPS) is 14.6. The van der Waals surface area contributed by atoms with Crippen molar-refractivity contribution in [1.82, 2.24) is 20.4 Å². The van der Waals surface area contributed by atoms with Crippen LogP contribution < -0.4 is 16.0 Å². The molecule has 1 aromatic carbocycles. The molecule has 162 valence electrons. The third-order valence-corrected chi connectivity index (χ3v) is 5.57. The number of hydrogen-bond donors (Lipinski definition) is 3. The first kappa shape index (κ1) is 21.9. The quantitative estimate of drug-likeness (QED) is 0.318. The first-order chi connectivity index (χ1) is 14.7. The molecule has 0 bridgehead atoms. The number of nitrogens with zero attached hydrogens (tertiary/aromatic N) is 3. The van der Waals surface area contributed by atoms with Gasteiger partial charge >= 0.3 is 0 Å². The molecule has 1 aliphatic carbocycles. The maximum Gasteiger partial charge on any atom is 0.246 e. The van der Waals surface area contributed by atoms with E-state index in [1.54, 1.807) is 30.2 Å². The zero-order chi connectivity index (χ0) is 21.0. The molecule has 0 unspecified atom stereocenters. The molecular weight excluding hydrogens is 376 g/mol. The molecule has 0 atom stereocenters. The third-order valence-electron chi connectivity index (χ3n) is 5.57. The molecule has 30 heavy (non-hydrogen) atoms. The van der Waals surface area contributed by atoms with Crippen molar-refractivity contribution in [1.29, 1.82) is 0 Å². The molecule has 3 N–H and O–H groups in total. The van der Waals surface area contributed by atoms with E-state index in [2.05, 4.69) is 26.0 Å². The minimum atomic E-state index is -0.0983. The van der Waals surface area contributed by atoms with Crippen LogP contribution in [0.4, 0.5) is 5.69 Å². The van der Waals surface area contributed by atoms with E-state index in [1.165, 1.54) is 44.9 Å². The highest BCUT2D eigenvalue weighted by molar-refractivity contribution is 5.90. The lowest BCUT2D eigenvalue weighted by Crippen LogP contribution is -2.37. The Bertz CT molecular complexity index is 796. The number of anilines is 1. The lowest BCUT2D eigenvalue weighted by molar-refractivity contribution is -0.116. The van der Waals surface area contributed by atoms with Gasteiger partial charge in [0.25, 0.3) is 0 Å². The summed E-state index contributed by atoms with van der Waals surface area (Å²) in [5, 5.41) is 13.7. The Balaban J connectivity index is 1.36. The van der Waals surface area contributed by atoms with Crippen LogP contribution in [0.2, 0.25) is 0 Å². The highest BCUT2D eigenvalue weighted by atomic mass is 16.2. The van der Waals surface area contributed by atoms with Crippen molar-refractivity contribution in [2.45, 2.75) is 58.0 Å². The molecule has 0 radical (unpaired) electrons. The predicted octanol–water partition coefficient (Wildman–Crippen LogP) is 3.55. The van der Waals surface area contributed by atoms with Gasteiger partial charge in [0.05, 0.1) is 0 Å². The fourth-order valence-corrected chi connectivity index (χ4v) is 3.97. The number of rotatable bonds is 10. The van der Waals surface area contributed by atoms with Crippen LogP contribution in [0.25, 0.3) is 0 Å². The van der Waals surface area contributed by atoms with Crippen molar-refractivity contribution in [3.63, 3.8) is 0 Å². The van der Waals surface area contributed by atoms with E-state index < -0.39 is 0 Å². The van der Waals surface area contributed by atoms with Crippen molar-refractivity contribution in [2.75, 3.05) is 18.9 Å². The number of unbranched alkanes of at least 4 members (excludes halogenated alkanes) is 1. The molecule has 1 aromatic heterocycles. The monoisotopic (exact) mass is 410 g/mol. The van der Waals surface area contributed by atoms with Gasteiger partial charge in [0.1, 0.15) is 6.54 Å². The summed E-state index contributed by atoms with van der Waals surface area (Å²) >= 11 is 0. The summed E-state index contributed by atoms with van der Waals surface area (Å²) in [6, 6.07) is 9.64. The average Bonchev–Trinajstić information content (AvgIpc) is 3.44. The molecule has 0 spiro atoms. The molecule has 1 amide bonds. The van der Waals surface area contributed by atoms with Crippen LogP contribution in [0.1, 0.15) is 50.5 Å². The number of aromatic nitrogens is 2. The first-order valence-corrected chi connectivity index (χ1v) is 11.0. The van der Waals surface area contributed by atoms with Gasteiger partial charge in [0.15, 0.2) is 5.96 Å². The van der Waals surface area contributed by atoms with Crippen LogP contribution >= 0.6 is 0 Å². The first-order valence-electron chi connectivity index (χ1n) is 11.0. The molecule has 7 nitrogen and oxygen atoms in total. The van der Waals surface area contributed by atoms with Gasteiger partial charge in [-0.3, -0.25) is 14.5 Å². The zero-order valence-corrected chi connectivity index (χ0v) is 17.9. The van der Waals surface area contributed by atoms with E-state index >= 15 is 0 Å². The molecule has 1 aliphatic rings. The predicted molar refractivity (Wildman–Crippen MR) is 121 cm³/mol. The van der Waals surface area contributed by atoms with Crippen molar-refractivity contribution >= 4 is 17.6 Å². The summed E-state index contributed by atoms with van der Waals surface area (Å²) in [6.07, 6.45) is 13.0. The summed E-state index contributed by atoms with van der Waals surface area (Å²) in [5.41, 5.74) is 1.86. The number of aliphatic imine (C=N–C) groups is 1. The lowest BCUT2D eigenvalue weighted by Gasteiger charge is -2.13. The van der Waals surface area contributed by atoms with E-state index in [4.69, 9.17) is 0 Å². The highest BCUT2D eigenvalue weighted by Gasteiger charge is 2.13. The van der Waals surface area contributed by atoms with E-state index in [-0.39, 0.29) is 12.5 Å². The SMILES string of the molecule is CN=C(NCCCCC1CCCC1)NCc1cccc(NC(=O)Cn2cccn2)c1. The Morgan fingerprint density at radius 1 is 1.20 bits per heavy atom. The summed E-state index contributed by atoms with van der Waals surface area (Å²) in [5.74, 6) is 1.68. The molecule has 0 aliphatic heterocycles. The molecule has 3 rings (SSSR count). The maximum atomic E-state index is 12.1. The fourth-order valence-electron chi connectivity index (χ4n) is 3.97. The topological polar surface area (TPSA) is 83.3 Å². The largest absolute Gasteiger partial charge is 0.356 e. The van der Waals surface area contributed by atoms with E-state index in [1.807, 2.05) is 24.3 Å². The third kappa shape index (κ3) is 7.54. The second kappa shape index (κ2) is 12.0. The van der Waals surface area contributed by atoms with Crippen molar-refractivity contribution in [3.8, 4) is 0 Å².